The Hall–Kier alpha value is -4.20. The largest absolute Gasteiger partial charge is 0.350 e. The average molecular weight is 429 g/mol. The lowest BCUT2D eigenvalue weighted by Crippen LogP contribution is -2.53. The molecule has 2 aromatic carbocycles. The number of para-hydroxylation sites is 2. The van der Waals surface area contributed by atoms with E-state index in [1.807, 2.05) is 36.4 Å². The van der Waals surface area contributed by atoms with Gasteiger partial charge in [-0.2, -0.15) is 0 Å². The molecule has 0 saturated heterocycles. The molecule has 1 aromatic heterocycles. The lowest BCUT2D eigenvalue weighted by Gasteiger charge is -2.35. The van der Waals surface area contributed by atoms with Gasteiger partial charge in [0.2, 0.25) is 11.8 Å². The van der Waals surface area contributed by atoms with Gasteiger partial charge in [-0.15, -0.1) is 0 Å². The maximum absolute atomic E-state index is 12.9. The van der Waals surface area contributed by atoms with E-state index in [2.05, 4.69) is 15.6 Å². The molecule has 0 bridgehead atoms. The molecule has 1 aliphatic heterocycles. The van der Waals surface area contributed by atoms with Crippen LogP contribution < -0.4 is 20.4 Å². The summed E-state index contributed by atoms with van der Waals surface area (Å²) in [5.74, 6) is -0.617. The predicted octanol–water partition coefficient (Wildman–Crippen LogP) is 2.46. The number of fused-ring (bicyclic) bond motifs is 1. The number of hydrogen-bond donors (Lipinski definition) is 2. The highest BCUT2D eigenvalue weighted by molar-refractivity contribution is 6.12. The predicted molar refractivity (Wildman–Crippen MR) is 121 cm³/mol. The van der Waals surface area contributed by atoms with E-state index in [1.54, 1.807) is 42.7 Å². The molecule has 8 nitrogen and oxygen atoms in total. The number of aromatic nitrogens is 1. The van der Waals surface area contributed by atoms with Crippen LogP contribution in [0, 0.1) is 0 Å². The maximum Gasteiger partial charge on any atom is 0.322 e. The van der Waals surface area contributed by atoms with E-state index in [4.69, 9.17) is 0 Å². The molecule has 2 heterocycles. The summed E-state index contributed by atoms with van der Waals surface area (Å²) in [6, 6.07) is 19.9. The van der Waals surface area contributed by atoms with E-state index in [1.165, 1.54) is 9.80 Å². The Kier molecular flexibility index (Phi) is 6.41. The standard InChI is InChI=1S/C24H23N5O3/c30-22(26-15-19-9-6-12-25-13-19)16-28-20-10-4-5-11-21(20)29(17-23(28)31)24(32)27-14-18-7-2-1-3-8-18/h1-13H,14-17H2,(H,26,30)(H,27,32). The number of benzene rings is 2. The quantitative estimate of drug-likeness (QED) is 0.629. The van der Waals surface area contributed by atoms with Gasteiger partial charge in [-0.3, -0.25) is 24.4 Å². The summed E-state index contributed by atoms with van der Waals surface area (Å²) in [5.41, 5.74) is 2.93. The molecule has 8 heteroatoms. The summed E-state index contributed by atoms with van der Waals surface area (Å²) in [6.45, 7) is 0.403. The highest BCUT2D eigenvalue weighted by atomic mass is 16.2. The van der Waals surface area contributed by atoms with E-state index in [-0.39, 0.29) is 30.9 Å². The molecule has 2 N–H and O–H groups in total. The number of carbonyl (C=O) groups is 3. The zero-order valence-corrected chi connectivity index (χ0v) is 17.4. The third kappa shape index (κ3) is 4.92. The first-order chi connectivity index (χ1) is 15.6. The first kappa shape index (κ1) is 21.0. The molecule has 32 heavy (non-hydrogen) atoms. The smallest absolute Gasteiger partial charge is 0.322 e. The number of pyridine rings is 1. The van der Waals surface area contributed by atoms with Crippen LogP contribution in [0.1, 0.15) is 11.1 Å². The van der Waals surface area contributed by atoms with Gasteiger partial charge in [0.1, 0.15) is 13.1 Å². The van der Waals surface area contributed by atoms with Crippen molar-refractivity contribution in [2.75, 3.05) is 22.9 Å². The summed E-state index contributed by atoms with van der Waals surface area (Å²) < 4.78 is 0. The van der Waals surface area contributed by atoms with Crippen LogP contribution in [0.25, 0.3) is 0 Å². The third-order valence-corrected chi connectivity index (χ3v) is 5.10. The van der Waals surface area contributed by atoms with Crippen molar-refractivity contribution in [3.8, 4) is 0 Å². The molecular formula is C24H23N5O3. The van der Waals surface area contributed by atoms with Crippen LogP contribution in [-0.2, 0) is 22.7 Å². The Morgan fingerprint density at radius 1 is 0.844 bits per heavy atom. The first-order valence-corrected chi connectivity index (χ1v) is 10.3. The van der Waals surface area contributed by atoms with Gasteiger partial charge in [0.05, 0.1) is 11.4 Å². The Labute approximate surface area is 185 Å². The van der Waals surface area contributed by atoms with Crippen LogP contribution in [0.4, 0.5) is 16.2 Å². The molecule has 4 rings (SSSR count). The zero-order chi connectivity index (χ0) is 22.3. The Morgan fingerprint density at radius 3 is 2.28 bits per heavy atom. The van der Waals surface area contributed by atoms with Gasteiger partial charge >= 0.3 is 6.03 Å². The maximum atomic E-state index is 12.9. The van der Waals surface area contributed by atoms with Crippen molar-refractivity contribution in [3.05, 3.63) is 90.3 Å². The number of nitrogens with one attached hydrogen (secondary N) is 2. The van der Waals surface area contributed by atoms with Crippen molar-refractivity contribution in [1.82, 2.24) is 15.6 Å². The van der Waals surface area contributed by atoms with Crippen molar-refractivity contribution < 1.29 is 14.4 Å². The normalized spacial score (nSPS) is 12.8. The number of rotatable bonds is 6. The van der Waals surface area contributed by atoms with Gasteiger partial charge in [0, 0.05) is 25.5 Å². The fraction of sp³-hybridized carbons (Fsp3) is 0.167. The van der Waals surface area contributed by atoms with Crippen molar-refractivity contribution in [1.29, 1.82) is 0 Å². The molecule has 0 spiro atoms. The minimum absolute atomic E-state index is 0.129. The second-order valence-electron chi connectivity index (χ2n) is 7.34. The Balaban J connectivity index is 1.44. The number of nitrogens with zero attached hydrogens (tertiary/aromatic N) is 3. The second kappa shape index (κ2) is 9.74. The number of hydrogen-bond acceptors (Lipinski definition) is 4. The van der Waals surface area contributed by atoms with Crippen LogP contribution in [0.15, 0.2) is 79.1 Å². The number of anilines is 2. The SMILES string of the molecule is O=C(CN1C(=O)CN(C(=O)NCc2ccccc2)c2ccccc21)NCc1cccnc1. The molecule has 0 fully saturated rings. The monoisotopic (exact) mass is 429 g/mol. The molecule has 0 unspecified atom stereocenters. The summed E-state index contributed by atoms with van der Waals surface area (Å²) in [4.78, 5) is 45.0. The van der Waals surface area contributed by atoms with Gasteiger partial charge in [0.15, 0.2) is 0 Å². The number of carbonyl (C=O) groups excluding carboxylic acids is 3. The van der Waals surface area contributed by atoms with E-state index in [0.29, 0.717) is 24.5 Å². The van der Waals surface area contributed by atoms with Crippen LogP contribution in [0.5, 0.6) is 0 Å². The molecular weight excluding hydrogens is 406 g/mol. The summed E-state index contributed by atoms with van der Waals surface area (Å²) in [6.07, 6.45) is 3.34. The summed E-state index contributed by atoms with van der Waals surface area (Å²) in [7, 11) is 0. The molecule has 1 aliphatic rings. The topological polar surface area (TPSA) is 94.6 Å². The van der Waals surface area contributed by atoms with Gasteiger partial charge in [-0.05, 0) is 29.3 Å². The molecule has 0 aliphatic carbocycles. The number of amides is 4. The molecule has 0 radical (unpaired) electrons. The van der Waals surface area contributed by atoms with Crippen LogP contribution in [0.3, 0.4) is 0 Å². The molecule has 0 saturated carbocycles. The van der Waals surface area contributed by atoms with Crippen molar-refractivity contribution in [2.24, 2.45) is 0 Å². The van der Waals surface area contributed by atoms with Crippen molar-refractivity contribution in [2.45, 2.75) is 13.1 Å². The van der Waals surface area contributed by atoms with E-state index in [9.17, 15) is 14.4 Å². The van der Waals surface area contributed by atoms with Gasteiger partial charge in [-0.25, -0.2) is 4.79 Å². The Bertz CT molecular complexity index is 1100. The lowest BCUT2D eigenvalue weighted by molar-refractivity contribution is -0.123. The highest BCUT2D eigenvalue weighted by Gasteiger charge is 2.33. The van der Waals surface area contributed by atoms with Gasteiger partial charge in [0.25, 0.3) is 0 Å². The van der Waals surface area contributed by atoms with Crippen LogP contribution in [-0.4, -0.2) is 35.9 Å². The Morgan fingerprint density at radius 2 is 1.53 bits per heavy atom. The van der Waals surface area contributed by atoms with E-state index < -0.39 is 0 Å². The first-order valence-electron chi connectivity index (χ1n) is 10.3. The molecule has 4 amide bonds. The molecule has 162 valence electrons. The van der Waals surface area contributed by atoms with E-state index >= 15 is 0 Å². The highest BCUT2D eigenvalue weighted by Crippen LogP contribution is 2.33. The second-order valence-corrected chi connectivity index (χ2v) is 7.34. The van der Waals surface area contributed by atoms with Crippen molar-refractivity contribution >= 4 is 29.2 Å². The van der Waals surface area contributed by atoms with E-state index in [0.717, 1.165) is 11.1 Å². The number of urea groups is 1. The lowest BCUT2D eigenvalue weighted by atomic mass is 10.1. The fourth-order valence-electron chi connectivity index (χ4n) is 3.49. The van der Waals surface area contributed by atoms with Crippen molar-refractivity contribution in [3.63, 3.8) is 0 Å². The molecule has 3 aromatic rings. The zero-order valence-electron chi connectivity index (χ0n) is 17.4. The van der Waals surface area contributed by atoms with Crippen LogP contribution in [0.2, 0.25) is 0 Å². The summed E-state index contributed by atoms with van der Waals surface area (Å²) in [5, 5.41) is 5.66. The minimum atomic E-state index is -0.365. The fourth-order valence-corrected chi connectivity index (χ4v) is 3.49. The average Bonchev–Trinajstić information content (AvgIpc) is 2.84. The van der Waals surface area contributed by atoms with Gasteiger partial charge < -0.3 is 10.6 Å². The summed E-state index contributed by atoms with van der Waals surface area (Å²) >= 11 is 0. The minimum Gasteiger partial charge on any atom is -0.350 e. The van der Waals surface area contributed by atoms with Gasteiger partial charge in [-0.1, -0.05) is 48.5 Å². The van der Waals surface area contributed by atoms with Crippen LogP contribution >= 0.6 is 0 Å². The third-order valence-electron chi connectivity index (χ3n) is 5.10. The molecule has 0 atom stereocenters.